The van der Waals surface area contributed by atoms with Crippen LogP contribution in [0.25, 0.3) is 0 Å². The molecule has 1 heterocycles. The highest BCUT2D eigenvalue weighted by Crippen LogP contribution is 2.37. The van der Waals surface area contributed by atoms with Crippen LogP contribution in [0.2, 0.25) is 5.02 Å². The maximum absolute atomic E-state index is 14.1. The Hall–Kier alpha value is -3.12. The molecule has 196 valence electrons. The Labute approximate surface area is 217 Å². The average Bonchev–Trinajstić information content (AvgIpc) is 3.21. The van der Waals surface area contributed by atoms with Gasteiger partial charge in [0.2, 0.25) is 11.7 Å². The largest absolute Gasteiger partial charge is 0.400 e. The van der Waals surface area contributed by atoms with E-state index in [-0.39, 0.29) is 22.4 Å². The van der Waals surface area contributed by atoms with E-state index in [9.17, 15) is 31.5 Å². The van der Waals surface area contributed by atoms with Gasteiger partial charge in [-0.15, -0.1) is 0 Å². The SMILES string of the molecule is NC1=C(C(=O)NC2CCCCC2)C(=Nc2ccc(Cl)cc2)S[C@H]1C(=O)Nc1c(F)c(F)c(F)c(F)c1F. The van der Waals surface area contributed by atoms with Gasteiger partial charge in [0.05, 0.1) is 11.3 Å². The zero-order chi connectivity index (χ0) is 26.9. The van der Waals surface area contributed by atoms with Crippen molar-refractivity contribution in [3.8, 4) is 0 Å². The third-order valence-electron chi connectivity index (χ3n) is 5.94. The standard InChI is InChI=1S/C24H20ClF5N4O2S/c25-10-6-8-12(9-7-10)33-24-13(22(35)32-11-4-2-1-3-5-11)19(31)21(37-24)23(36)34-20-17(29)15(27)14(26)16(28)18(20)30/h6-9,11,21H,1-5,31H2,(H,32,35)(H,34,36)/t21-/m1/s1. The minimum Gasteiger partial charge on any atom is -0.400 e. The highest BCUT2D eigenvalue weighted by molar-refractivity contribution is 8.16. The van der Waals surface area contributed by atoms with E-state index in [0.717, 1.165) is 32.1 Å². The number of carbonyl (C=O) groups is 2. The van der Waals surface area contributed by atoms with Crippen molar-refractivity contribution in [3.63, 3.8) is 0 Å². The molecule has 4 rings (SSSR count). The molecule has 4 N–H and O–H groups in total. The number of carbonyl (C=O) groups excluding carboxylic acids is 2. The summed E-state index contributed by atoms with van der Waals surface area (Å²) < 4.78 is 68.8. The predicted octanol–water partition coefficient (Wildman–Crippen LogP) is 5.48. The van der Waals surface area contributed by atoms with E-state index in [0.29, 0.717) is 22.5 Å². The number of nitrogens with zero attached hydrogens (tertiary/aromatic N) is 1. The molecule has 1 aliphatic heterocycles. The predicted molar refractivity (Wildman–Crippen MR) is 131 cm³/mol. The van der Waals surface area contributed by atoms with Crippen LogP contribution >= 0.6 is 23.4 Å². The summed E-state index contributed by atoms with van der Waals surface area (Å²) in [6, 6.07) is 6.13. The van der Waals surface area contributed by atoms with Gasteiger partial charge < -0.3 is 16.4 Å². The number of amides is 2. The van der Waals surface area contributed by atoms with Crippen molar-refractivity contribution in [1.82, 2.24) is 5.32 Å². The number of benzene rings is 2. The van der Waals surface area contributed by atoms with Gasteiger partial charge in [-0.2, -0.15) is 0 Å². The van der Waals surface area contributed by atoms with Crippen LogP contribution in [0.1, 0.15) is 32.1 Å². The zero-order valence-corrected chi connectivity index (χ0v) is 20.6. The number of thioether (sulfide) groups is 1. The molecule has 6 nitrogen and oxygen atoms in total. The van der Waals surface area contributed by atoms with Gasteiger partial charge in [-0.05, 0) is 37.1 Å². The van der Waals surface area contributed by atoms with Gasteiger partial charge >= 0.3 is 0 Å². The lowest BCUT2D eigenvalue weighted by Crippen LogP contribution is -2.38. The fraction of sp³-hybridized carbons (Fsp3) is 0.292. The maximum atomic E-state index is 14.1. The van der Waals surface area contributed by atoms with Gasteiger partial charge in [0.25, 0.3) is 5.91 Å². The van der Waals surface area contributed by atoms with Crippen LogP contribution in [0, 0.1) is 29.1 Å². The van der Waals surface area contributed by atoms with Gasteiger partial charge in [-0.3, -0.25) is 9.59 Å². The molecule has 2 aliphatic rings. The monoisotopic (exact) mass is 558 g/mol. The van der Waals surface area contributed by atoms with Crippen molar-refractivity contribution in [1.29, 1.82) is 0 Å². The van der Waals surface area contributed by atoms with Crippen LogP contribution in [0.5, 0.6) is 0 Å². The third kappa shape index (κ3) is 5.59. The lowest BCUT2D eigenvalue weighted by Gasteiger charge is -2.23. The molecule has 2 aromatic carbocycles. The fourth-order valence-electron chi connectivity index (χ4n) is 4.03. The fourth-order valence-corrected chi connectivity index (χ4v) is 5.28. The Morgan fingerprint density at radius 3 is 2.08 bits per heavy atom. The molecule has 2 aromatic rings. The average molecular weight is 559 g/mol. The molecule has 2 amide bonds. The van der Waals surface area contributed by atoms with Gasteiger partial charge in [-0.1, -0.05) is 42.6 Å². The van der Waals surface area contributed by atoms with Gasteiger partial charge in [0.15, 0.2) is 23.3 Å². The van der Waals surface area contributed by atoms with Crippen LogP contribution in [-0.4, -0.2) is 28.1 Å². The molecule has 0 unspecified atom stereocenters. The molecule has 0 aromatic heterocycles. The van der Waals surface area contributed by atoms with E-state index in [1.165, 1.54) is 0 Å². The van der Waals surface area contributed by atoms with Crippen molar-refractivity contribution in [2.75, 3.05) is 5.32 Å². The van der Waals surface area contributed by atoms with Crippen molar-refractivity contribution in [3.05, 3.63) is 69.6 Å². The summed E-state index contributed by atoms with van der Waals surface area (Å²) >= 11 is 6.61. The number of nitrogens with one attached hydrogen (secondary N) is 2. The van der Waals surface area contributed by atoms with E-state index in [4.69, 9.17) is 17.3 Å². The molecular weight excluding hydrogens is 539 g/mol. The Balaban J connectivity index is 1.67. The summed E-state index contributed by atoms with van der Waals surface area (Å²) in [5, 5.41) is 3.65. The highest BCUT2D eigenvalue weighted by Gasteiger charge is 2.40. The van der Waals surface area contributed by atoms with Crippen LogP contribution in [0.3, 0.4) is 0 Å². The number of hydrogen-bond donors (Lipinski definition) is 3. The molecule has 0 bridgehead atoms. The Kier molecular flexibility index (Phi) is 8.08. The van der Waals surface area contributed by atoms with Crippen LogP contribution in [0.4, 0.5) is 33.3 Å². The van der Waals surface area contributed by atoms with Crippen molar-refractivity contribution in [2.45, 2.75) is 43.4 Å². The van der Waals surface area contributed by atoms with E-state index in [1.807, 2.05) is 0 Å². The molecule has 0 radical (unpaired) electrons. The summed E-state index contributed by atoms with van der Waals surface area (Å²) in [7, 11) is 0. The number of nitrogens with two attached hydrogens (primary N) is 1. The topological polar surface area (TPSA) is 96.6 Å². The zero-order valence-electron chi connectivity index (χ0n) is 19.0. The lowest BCUT2D eigenvalue weighted by atomic mass is 9.95. The molecule has 1 fully saturated rings. The van der Waals surface area contributed by atoms with Crippen LogP contribution in [0.15, 0.2) is 40.5 Å². The summed E-state index contributed by atoms with van der Waals surface area (Å²) in [6.45, 7) is 0. The van der Waals surface area contributed by atoms with E-state index in [1.54, 1.807) is 29.6 Å². The summed E-state index contributed by atoms with van der Waals surface area (Å²) in [5.74, 6) is -13.0. The van der Waals surface area contributed by atoms with E-state index < -0.39 is 51.8 Å². The summed E-state index contributed by atoms with van der Waals surface area (Å²) in [4.78, 5) is 30.5. The second-order valence-corrected chi connectivity index (χ2v) is 9.99. The van der Waals surface area contributed by atoms with Crippen LogP contribution < -0.4 is 16.4 Å². The number of halogens is 6. The van der Waals surface area contributed by atoms with Gasteiger partial charge in [0, 0.05) is 16.8 Å². The summed E-state index contributed by atoms with van der Waals surface area (Å²) in [5.41, 5.74) is 4.63. The molecule has 1 aliphatic carbocycles. The molecule has 37 heavy (non-hydrogen) atoms. The second kappa shape index (κ2) is 11.1. The highest BCUT2D eigenvalue weighted by atomic mass is 35.5. The maximum Gasteiger partial charge on any atom is 0.256 e. The Morgan fingerprint density at radius 2 is 1.49 bits per heavy atom. The normalized spacial score (nSPS) is 19.4. The molecular formula is C24H20ClF5N4O2S. The third-order valence-corrected chi connectivity index (χ3v) is 7.41. The number of hydrogen-bond acceptors (Lipinski definition) is 5. The first-order valence-electron chi connectivity index (χ1n) is 11.2. The van der Waals surface area contributed by atoms with E-state index >= 15 is 0 Å². The Morgan fingerprint density at radius 1 is 0.919 bits per heavy atom. The molecule has 13 heteroatoms. The number of anilines is 1. The van der Waals surface area contributed by atoms with Gasteiger partial charge in [0.1, 0.15) is 16.0 Å². The smallest absolute Gasteiger partial charge is 0.256 e. The lowest BCUT2D eigenvalue weighted by molar-refractivity contribution is -0.117. The van der Waals surface area contributed by atoms with Crippen LogP contribution in [-0.2, 0) is 9.59 Å². The summed E-state index contributed by atoms with van der Waals surface area (Å²) in [6.07, 6.45) is 4.45. The number of rotatable bonds is 5. The first-order valence-corrected chi connectivity index (χ1v) is 12.5. The molecule has 0 spiro atoms. The minimum absolute atomic E-state index is 0.0469. The quantitative estimate of drug-likeness (QED) is 0.257. The molecule has 0 saturated heterocycles. The first kappa shape index (κ1) is 26.9. The van der Waals surface area contributed by atoms with E-state index in [2.05, 4.69) is 10.3 Å². The second-order valence-electron chi connectivity index (χ2n) is 8.46. The first-order chi connectivity index (χ1) is 17.6. The van der Waals surface area contributed by atoms with Crippen molar-refractivity contribution < 1.29 is 31.5 Å². The number of aliphatic imine (C=N–C) groups is 1. The van der Waals surface area contributed by atoms with Crippen molar-refractivity contribution >= 4 is 51.6 Å². The van der Waals surface area contributed by atoms with Crippen molar-refractivity contribution in [2.24, 2.45) is 10.7 Å². The minimum atomic E-state index is -2.36. The molecule has 1 atom stereocenters. The van der Waals surface area contributed by atoms with Gasteiger partial charge in [-0.25, -0.2) is 26.9 Å². The molecule has 1 saturated carbocycles. The Bertz CT molecular complexity index is 1280.